The van der Waals surface area contributed by atoms with Crippen LogP contribution in [0.1, 0.15) is 0 Å². The van der Waals surface area contributed by atoms with E-state index in [2.05, 4.69) is 25.6 Å². The second-order valence-corrected chi connectivity index (χ2v) is 6.47. The number of carbonyl (C=O) groups excluding carboxylic acids is 1. The van der Waals surface area contributed by atoms with Crippen LogP contribution in [0.25, 0.3) is 33.1 Å². The summed E-state index contributed by atoms with van der Waals surface area (Å²) in [7, 11) is 3.40. The van der Waals surface area contributed by atoms with Crippen molar-refractivity contribution in [3.63, 3.8) is 0 Å². The number of hydrogen-bond acceptors (Lipinski definition) is 5. The van der Waals surface area contributed by atoms with Crippen LogP contribution >= 0.6 is 0 Å². The number of hydrogen-bond donors (Lipinski definition) is 3. The molecule has 3 aromatic heterocycles. The number of carbonyl (C=O) groups is 1. The number of rotatable bonds is 4. The Balaban J connectivity index is 1.67. The van der Waals surface area contributed by atoms with Crippen molar-refractivity contribution in [1.29, 1.82) is 0 Å². The number of aromatic nitrogens is 5. The standard InChI is InChI=1S/C18H20N8O/c1-25(2)18(27)20-7-8-26-10-13-12-4-3-11(14-5-6-21-23-14)9-15(12)22-17(19)16(13)24-26/h3-6,9-10H,7-8H2,1-2H3,(H2,19,22)(H,20,27)(H,21,23). The van der Waals surface area contributed by atoms with Crippen LogP contribution in [0.5, 0.6) is 0 Å². The Morgan fingerprint density at radius 2 is 2.15 bits per heavy atom. The van der Waals surface area contributed by atoms with Gasteiger partial charge in [-0.3, -0.25) is 9.78 Å². The molecule has 0 fully saturated rings. The third-order valence-electron chi connectivity index (χ3n) is 4.35. The quantitative estimate of drug-likeness (QED) is 0.511. The molecule has 138 valence electrons. The molecule has 4 aromatic rings. The van der Waals surface area contributed by atoms with Crippen LogP contribution in [0.4, 0.5) is 10.6 Å². The number of nitrogens with two attached hydrogens (primary N) is 1. The molecule has 0 atom stereocenters. The van der Waals surface area contributed by atoms with E-state index in [0.717, 1.165) is 27.5 Å². The summed E-state index contributed by atoms with van der Waals surface area (Å²) < 4.78 is 1.78. The molecule has 3 heterocycles. The van der Waals surface area contributed by atoms with Gasteiger partial charge in [0, 0.05) is 49.4 Å². The summed E-state index contributed by atoms with van der Waals surface area (Å²) in [5.74, 6) is 0.382. The number of anilines is 1. The molecule has 0 saturated carbocycles. The summed E-state index contributed by atoms with van der Waals surface area (Å²) in [5.41, 5.74) is 9.41. The number of benzene rings is 1. The lowest BCUT2D eigenvalue weighted by Gasteiger charge is -2.11. The smallest absolute Gasteiger partial charge is 0.316 e. The van der Waals surface area contributed by atoms with Crippen molar-refractivity contribution in [2.45, 2.75) is 6.54 Å². The molecule has 0 aliphatic carbocycles. The minimum atomic E-state index is -0.135. The van der Waals surface area contributed by atoms with Gasteiger partial charge in [0.1, 0.15) is 5.52 Å². The van der Waals surface area contributed by atoms with E-state index in [1.54, 1.807) is 25.0 Å². The first-order chi connectivity index (χ1) is 13.0. The lowest BCUT2D eigenvalue weighted by molar-refractivity contribution is 0.217. The molecule has 1 aromatic carbocycles. The minimum Gasteiger partial charge on any atom is -0.382 e. The predicted octanol–water partition coefficient (Wildman–Crippen LogP) is 1.83. The van der Waals surface area contributed by atoms with E-state index in [1.807, 2.05) is 30.5 Å². The zero-order valence-corrected chi connectivity index (χ0v) is 15.1. The highest BCUT2D eigenvalue weighted by atomic mass is 16.2. The number of aromatic amines is 1. The van der Waals surface area contributed by atoms with E-state index in [9.17, 15) is 4.79 Å². The summed E-state index contributed by atoms with van der Waals surface area (Å²) in [4.78, 5) is 17.6. The molecule has 0 spiro atoms. The van der Waals surface area contributed by atoms with Crippen LogP contribution in [0.15, 0.2) is 36.7 Å². The monoisotopic (exact) mass is 364 g/mol. The second-order valence-electron chi connectivity index (χ2n) is 6.47. The highest BCUT2D eigenvalue weighted by Gasteiger charge is 2.12. The van der Waals surface area contributed by atoms with Crippen molar-refractivity contribution in [1.82, 2.24) is 35.2 Å². The maximum Gasteiger partial charge on any atom is 0.316 e. The molecule has 4 N–H and O–H groups in total. The van der Waals surface area contributed by atoms with Gasteiger partial charge in [-0.2, -0.15) is 10.2 Å². The van der Waals surface area contributed by atoms with Gasteiger partial charge in [0.05, 0.1) is 17.8 Å². The van der Waals surface area contributed by atoms with Gasteiger partial charge in [-0.15, -0.1) is 0 Å². The van der Waals surface area contributed by atoms with E-state index in [4.69, 9.17) is 5.73 Å². The summed E-state index contributed by atoms with van der Waals surface area (Å²) in [6.07, 6.45) is 3.72. The largest absolute Gasteiger partial charge is 0.382 e. The number of fused-ring (bicyclic) bond motifs is 3. The molecule has 0 aliphatic heterocycles. The fraction of sp³-hybridized carbons (Fsp3) is 0.222. The first-order valence-corrected chi connectivity index (χ1v) is 8.54. The van der Waals surface area contributed by atoms with Crippen molar-refractivity contribution in [2.24, 2.45) is 0 Å². The molecule has 9 nitrogen and oxygen atoms in total. The highest BCUT2D eigenvalue weighted by molar-refractivity contribution is 6.08. The third kappa shape index (κ3) is 3.14. The Morgan fingerprint density at radius 1 is 1.30 bits per heavy atom. The third-order valence-corrected chi connectivity index (χ3v) is 4.35. The van der Waals surface area contributed by atoms with Gasteiger partial charge in [0.2, 0.25) is 0 Å². The molecule has 2 amide bonds. The Bertz CT molecular complexity index is 1110. The molecule has 0 saturated heterocycles. The highest BCUT2D eigenvalue weighted by Crippen LogP contribution is 2.29. The number of urea groups is 1. The summed E-state index contributed by atoms with van der Waals surface area (Å²) in [6.45, 7) is 1.01. The van der Waals surface area contributed by atoms with Crippen molar-refractivity contribution >= 4 is 33.7 Å². The molecule has 0 radical (unpaired) electrons. The zero-order chi connectivity index (χ0) is 19.0. The van der Waals surface area contributed by atoms with Crippen LogP contribution in [-0.4, -0.2) is 56.5 Å². The van der Waals surface area contributed by atoms with Crippen molar-refractivity contribution < 1.29 is 4.79 Å². The lowest BCUT2D eigenvalue weighted by Crippen LogP contribution is -2.36. The topological polar surface area (TPSA) is 118 Å². The summed E-state index contributed by atoms with van der Waals surface area (Å²) in [6, 6.07) is 7.75. The molecule has 27 heavy (non-hydrogen) atoms. The fourth-order valence-electron chi connectivity index (χ4n) is 2.97. The van der Waals surface area contributed by atoms with Crippen LogP contribution in [-0.2, 0) is 6.54 Å². The van der Waals surface area contributed by atoms with E-state index in [0.29, 0.717) is 24.4 Å². The molecule has 9 heteroatoms. The Kier molecular flexibility index (Phi) is 4.11. The summed E-state index contributed by atoms with van der Waals surface area (Å²) in [5, 5.41) is 16.3. The Hall–Kier alpha value is -3.62. The van der Waals surface area contributed by atoms with Crippen molar-refractivity contribution in [3.8, 4) is 11.3 Å². The van der Waals surface area contributed by atoms with Gasteiger partial charge >= 0.3 is 6.03 Å². The van der Waals surface area contributed by atoms with Gasteiger partial charge < -0.3 is 16.0 Å². The molecule has 0 unspecified atom stereocenters. The molecule has 0 aliphatic rings. The van der Waals surface area contributed by atoms with Crippen LogP contribution in [0.3, 0.4) is 0 Å². The van der Waals surface area contributed by atoms with Crippen molar-refractivity contribution in [3.05, 3.63) is 36.7 Å². The van der Waals surface area contributed by atoms with Gasteiger partial charge in [0.15, 0.2) is 5.82 Å². The normalized spacial score (nSPS) is 11.2. The van der Waals surface area contributed by atoms with Gasteiger partial charge in [-0.25, -0.2) is 9.78 Å². The van der Waals surface area contributed by atoms with Crippen LogP contribution in [0, 0.1) is 0 Å². The maximum absolute atomic E-state index is 11.6. The average molecular weight is 364 g/mol. The van der Waals surface area contributed by atoms with E-state index in [-0.39, 0.29) is 6.03 Å². The molecular weight excluding hydrogens is 344 g/mol. The lowest BCUT2D eigenvalue weighted by atomic mass is 10.1. The molecule has 0 bridgehead atoms. The summed E-state index contributed by atoms with van der Waals surface area (Å²) >= 11 is 0. The SMILES string of the molecule is CN(C)C(=O)NCCn1cc2c(n1)c(N)nc1cc(-c3cc[nH]n3)ccc12. The first kappa shape index (κ1) is 16.8. The van der Waals surface area contributed by atoms with E-state index < -0.39 is 0 Å². The number of nitrogen functional groups attached to an aromatic ring is 1. The predicted molar refractivity (Wildman–Crippen MR) is 104 cm³/mol. The maximum atomic E-state index is 11.6. The molecular formula is C18H20N8O. The van der Waals surface area contributed by atoms with Crippen LogP contribution in [0.2, 0.25) is 0 Å². The zero-order valence-electron chi connectivity index (χ0n) is 15.1. The number of H-pyrrole nitrogens is 1. The first-order valence-electron chi connectivity index (χ1n) is 8.54. The van der Waals surface area contributed by atoms with Gasteiger partial charge in [0.25, 0.3) is 0 Å². The number of nitrogens with zero attached hydrogens (tertiary/aromatic N) is 5. The van der Waals surface area contributed by atoms with E-state index in [1.165, 1.54) is 4.90 Å². The fourth-order valence-corrected chi connectivity index (χ4v) is 2.97. The second kappa shape index (κ2) is 6.60. The Morgan fingerprint density at radius 3 is 2.89 bits per heavy atom. The van der Waals surface area contributed by atoms with Gasteiger partial charge in [-0.05, 0) is 12.1 Å². The number of nitrogens with one attached hydrogen (secondary N) is 2. The van der Waals surface area contributed by atoms with Crippen LogP contribution < -0.4 is 11.1 Å². The minimum absolute atomic E-state index is 0.135. The van der Waals surface area contributed by atoms with Gasteiger partial charge in [-0.1, -0.05) is 12.1 Å². The number of amides is 2. The molecule has 4 rings (SSSR count). The number of pyridine rings is 1. The Labute approximate surface area is 155 Å². The average Bonchev–Trinajstić information content (AvgIpc) is 3.31. The van der Waals surface area contributed by atoms with Crippen molar-refractivity contribution in [2.75, 3.05) is 26.4 Å². The van der Waals surface area contributed by atoms with E-state index >= 15 is 0 Å².